The highest BCUT2D eigenvalue weighted by Crippen LogP contribution is 2.30. The smallest absolute Gasteiger partial charge is 0.334 e. The standard InChI is InChI=1S/C10H18O3/c1-7-4-3-5-8(6-7)9(11)10(12)13-2/h7-9,11H,3-6H2,1-2H3. The van der Waals surface area contributed by atoms with E-state index in [-0.39, 0.29) is 5.92 Å². The normalized spacial score (nSPS) is 31.0. The lowest BCUT2D eigenvalue weighted by Crippen LogP contribution is -2.33. The lowest BCUT2D eigenvalue weighted by atomic mass is 9.79. The summed E-state index contributed by atoms with van der Waals surface area (Å²) in [6.07, 6.45) is 3.30. The van der Waals surface area contributed by atoms with Crippen molar-refractivity contribution in [1.29, 1.82) is 0 Å². The number of hydrogen-bond donors (Lipinski definition) is 1. The highest BCUT2D eigenvalue weighted by Gasteiger charge is 2.30. The van der Waals surface area contributed by atoms with Crippen molar-refractivity contribution in [3.05, 3.63) is 0 Å². The lowest BCUT2D eigenvalue weighted by molar-refractivity contribution is -0.154. The highest BCUT2D eigenvalue weighted by molar-refractivity contribution is 5.74. The molecular formula is C10H18O3. The van der Waals surface area contributed by atoms with Crippen molar-refractivity contribution in [3.63, 3.8) is 0 Å². The molecule has 0 aliphatic heterocycles. The molecule has 0 radical (unpaired) electrons. The fourth-order valence-corrected chi connectivity index (χ4v) is 2.08. The molecule has 1 aliphatic carbocycles. The Hall–Kier alpha value is -0.570. The number of hydrogen-bond acceptors (Lipinski definition) is 3. The molecule has 1 fully saturated rings. The van der Waals surface area contributed by atoms with Crippen molar-refractivity contribution in [2.45, 2.75) is 38.7 Å². The molecule has 0 aromatic heterocycles. The molecule has 0 saturated heterocycles. The Kier molecular flexibility index (Phi) is 3.72. The second-order valence-corrected chi connectivity index (χ2v) is 4.00. The summed E-state index contributed by atoms with van der Waals surface area (Å²) in [5.41, 5.74) is 0. The third kappa shape index (κ3) is 2.69. The van der Waals surface area contributed by atoms with Gasteiger partial charge in [-0.3, -0.25) is 0 Å². The van der Waals surface area contributed by atoms with E-state index >= 15 is 0 Å². The van der Waals surface area contributed by atoms with Gasteiger partial charge in [-0.1, -0.05) is 19.8 Å². The van der Waals surface area contributed by atoms with Crippen LogP contribution in [0.4, 0.5) is 0 Å². The quantitative estimate of drug-likeness (QED) is 0.662. The Labute approximate surface area is 79.1 Å². The van der Waals surface area contributed by atoms with E-state index in [1.165, 1.54) is 13.5 Å². The van der Waals surface area contributed by atoms with Gasteiger partial charge in [0, 0.05) is 0 Å². The molecule has 1 N–H and O–H groups in total. The van der Waals surface area contributed by atoms with Gasteiger partial charge in [0.1, 0.15) is 0 Å². The van der Waals surface area contributed by atoms with Gasteiger partial charge in [-0.25, -0.2) is 4.79 Å². The zero-order chi connectivity index (χ0) is 9.84. The molecule has 76 valence electrons. The van der Waals surface area contributed by atoms with Crippen molar-refractivity contribution in [2.24, 2.45) is 11.8 Å². The molecule has 1 aliphatic rings. The summed E-state index contributed by atoms with van der Waals surface area (Å²) in [5.74, 6) is 0.244. The Morgan fingerprint density at radius 1 is 1.54 bits per heavy atom. The van der Waals surface area contributed by atoms with Crippen molar-refractivity contribution in [3.8, 4) is 0 Å². The Morgan fingerprint density at radius 3 is 2.77 bits per heavy atom. The molecule has 3 atom stereocenters. The van der Waals surface area contributed by atoms with E-state index in [1.807, 2.05) is 0 Å². The van der Waals surface area contributed by atoms with Crippen LogP contribution >= 0.6 is 0 Å². The van der Waals surface area contributed by atoms with E-state index in [1.54, 1.807) is 0 Å². The third-order valence-electron chi connectivity index (χ3n) is 2.87. The number of esters is 1. The van der Waals surface area contributed by atoms with Crippen LogP contribution in [-0.4, -0.2) is 24.3 Å². The van der Waals surface area contributed by atoms with Crippen LogP contribution < -0.4 is 0 Å². The van der Waals surface area contributed by atoms with Crippen molar-refractivity contribution in [2.75, 3.05) is 7.11 Å². The van der Waals surface area contributed by atoms with Gasteiger partial charge in [-0.2, -0.15) is 0 Å². The fourth-order valence-electron chi connectivity index (χ4n) is 2.08. The first-order valence-corrected chi connectivity index (χ1v) is 4.91. The molecule has 13 heavy (non-hydrogen) atoms. The van der Waals surface area contributed by atoms with Crippen LogP contribution in [-0.2, 0) is 9.53 Å². The van der Waals surface area contributed by atoms with Crippen LogP contribution in [0.3, 0.4) is 0 Å². The van der Waals surface area contributed by atoms with Gasteiger partial charge in [0.2, 0.25) is 0 Å². The van der Waals surface area contributed by atoms with Gasteiger partial charge in [-0.05, 0) is 24.7 Å². The Balaban J connectivity index is 2.45. The highest BCUT2D eigenvalue weighted by atomic mass is 16.5. The number of aliphatic hydroxyl groups is 1. The molecule has 3 heteroatoms. The second-order valence-electron chi connectivity index (χ2n) is 4.00. The van der Waals surface area contributed by atoms with Crippen molar-refractivity contribution < 1.29 is 14.6 Å². The summed E-state index contributed by atoms with van der Waals surface area (Å²) in [5, 5.41) is 9.59. The van der Waals surface area contributed by atoms with Gasteiger partial charge in [0.15, 0.2) is 6.10 Å². The number of aliphatic hydroxyl groups excluding tert-OH is 1. The van der Waals surface area contributed by atoms with Crippen molar-refractivity contribution >= 4 is 5.97 Å². The first kappa shape index (κ1) is 10.5. The molecule has 1 saturated carbocycles. The minimum Gasteiger partial charge on any atom is -0.467 e. The summed E-state index contributed by atoms with van der Waals surface area (Å²) >= 11 is 0. The van der Waals surface area contributed by atoms with Gasteiger partial charge >= 0.3 is 5.97 Å². The molecular weight excluding hydrogens is 168 g/mol. The van der Waals surface area contributed by atoms with E-state index in [0.29, 0.717) is 5.92 Å². The van der Waals surface area contributed by atoms with Crippen LogP contribution in [0, 0.1) is 11.8 Å². The van der Waals surface area contributed by atoms with Crippen LogP contribution in [0.25, 0.3) is 0 Å². The zero-order valence-corrected chi connectivity index (χ0v) is 8.32. The minimum atomic E-state index is -0.909. The number of rotatable bonds is 2. The van der Waals surface area contributed by atoms with Gasteiger partial charge in [-0.15, -0.1) is 0 Å². The maximum absolute atomic E-state index is 11.0. The average molecular weight is 186 g/mol. The van der Waals surface area contributed by atoms with E-state index < -0.39 is 12.1 Å². The largest absolute Gasteiger partial charge is 0.467 e. The summed E-state index contributed by atoms with van der Waals surface area (Å²) in [4.78, 5) is 11.0. The third-order valence-corrected chi connectivity index (χ3v) is 2.87. The molecule has 0 aromatic carbocycles. The molecule has 3 nitrogen and oxygen atoms in total. The summed E-state index contributed by atoms with van der Waals surface area (Å²) in [6.45, 7) is 2.16. The molecule has 0 aromatic rings. The number of ether oxygens (including phenoxy) is 1. The lowest BCUT2D eigenvalue weighted by Gasteiger charge is -2.28. The monoisotopic (exact) mass is 186 g/mol. The molecule has 0 amide bonds. The summed E-state index contributed by atoms with van der Waals surface area (Å²) in [7, 11) is 1.32. The maximum Gasteiger partial charge on any atom is 0.334 e. The number of methoxy groups -OCH3 is 1. The summed E-state index contributed by atoms with van der Waals surface area (Å²) < 4.78 is 4.51. The fraction of sp³-hybridized carbons (Fsp3) is 0.900. The van der Waals surface area contributed by atoms with Gasteiger partial charge in [0.05, 0.1) is 7.11 Å². The van der Waals surface area contributed by atoms with Crippen LogP contribution in [0.15, 0.2) is 0 Å². The van der Waals surface area contributed by atoms with Gasteiger partial charge < -0.3 is 9.84 Å². The first-order valence-electron chi connectivity index (χ1n) is 4.91. The predicted molar refractivity (Wildman–Crippen MR) is 49.1 cm³/mol. The summed E-state index contributed by atoms with van der Waals surface area (Å²) in [6, 6.07) is 0. The van der Waals surface area contributed by atoms with Gasteiger partial charge in [0.25, 0.3) is 0 Å². The number of carbonyl (C=O) groups is 1. The molecule has 3 unspecified atom stereocenters. The van der Waals surface area contributed by atoms with E-state index in [4.69, 9.17) is 0 Å². The first-order chi connectivity index (χ1) is 6.15. The Bertz CT molecular complexity index is 179. The molecule has 0 spiro atoms. The second kappa shape index (κ2) is 4.61. The molecule has 0 heterocycles. The van der Waals surface area contributed by atoms with Crippen molar-refractivity contribution in [1.82, 2.24) is 0 Å². The van der Waals surface area contributed by atoms with Crippen LogP contribution in [0.1, 0.15) is 32.6 Å². The van der Waals surface area contributed by atoms with Crippen LogP contribution in [0.2, 0.25) is 0 Å². The van der Waals surface area contributed by atoms with E-state index in [2.05, 4.69) is 11.7 Å². The van der Waals surface area contributed by atoms with E-state index in [0.717, 1.165) is 19.3 Å². The minimum absolute atomic E-state index is 0.108. The van der Waals surface area contributed by atoms with Crippen LogP contribution in [0.5, 0.6) is 0 Å². The zero-order valence-electron chi connectivity index (χ0n) is 8.32. The molecule has 0 bridgehead atoms. The molecule has 1 rings (SSSR count). The number of carbonyl (C=O) groups excluding carboxylic acids is 1. The van der Waals surface area contributed by atoms with E-state index in [9.17, 15) is 9.90 Å². The SMILES string of the molecule is COC(=O)C(O)C1CCCC(C)C1. The Morgan fingerprint density at radius 2 is 2.23 bits per heavy atom. The average Bonchev–Trinajstić information content (AvgIpc) is 2.15. The maximum atomic E-state index is 11.0. The topological polar surface area (TPSA) is 46.5 Å². The predicted octanol–water partition coefficient (Wildman–Crippen LogP) is 1.35.